The highest BCUT2D eigenvalue weighted by atomic mass is 16.1. The van der Waals surface area contributed by atoms with Gasteiger partial charge in [0, 0.05) is 37.2 Å². The fourth-order valence-corrected chi connectivity index (χ4v) is 2.49. The Kier molecular flexibility index (Phi) is 3.64. The minimum Gasteiger partial charge on any atom is -0.398 e. The highest BCUT2D eigenvalue weighted by molar-refractivity contribution is 5.49. The van der Waals surface area contributed by atoms with Gasteiger partial charge in [-0.25, -0.2) is 4.98 Å². The van der Waals surface area contributed by atoms with Crippen molar-refractivity contribution in [2.75, 3.05) is 17.2 Å². The van der Waals surface area contributed by atoms with Gasteiger partial charge in [-0.2, -0.15) is 0 Å². The van der Waals surface area contributed by atoms with Crippen molar-refractivity contribution in [2.24, 2.45) is 0 Å². The van der Waals surface area contributed by atoms with Gasteiger partial charge in [-0.05, 0) is 31.4 Å². The van der Waals surface area contributed by atoms with Crippen LogP contribution in [0.5, 0.6) is 0 Å². The fourth-order valence-electron chi connectivity index (χ4n) is 2.49. The summed E-state index contributed by atoms with van der Waals surface area (Å²) in [5.41, 5.74) is 7.75. The van der Waals surface area contributed by atoms with E-state index < -0.39 is 0 Å². The first kappa shape index (κ1) is 13.7. The molecule has 0 bridgehead atoms. The smallest absolute Gasteiger partial charge is 0.293 e. The molecule has 0 unspecified atom stereocenters. The first-order valence-electron chi connectivity index (χ1n) is 7.36. The van der Waals surface area contributed by atoms with E-state index in [2.05, 4.69) is 4.98 Å². The molecule has 1 heterocycles. The number of benzene rings is 1. The lowest BCUT2D eigenvalue weighted by atomic mass is 10.1. The molecule has 0 saturated heterocycles. The minimum absolute atomic E-state index is 0.00338. The van der Waals surface area contributed by atoms with Crippen LogP contribution in [-0.2, 0) is 6.54 Å². The van der Waals surface area contributed by atoms with E-state index in [0.717, 1.165) is 24.1 Å². The standard InChI is InChI=1S/C16H20N4O/c1-2-19(11-12-5-3-4-6-14(12)17)15-16(21)20(10-9-18-15)13-7-8-13/h3-6,9-10,13H,2,7-8,11,17H2,1H3. The molecular formula is C16H20N4O. The lowest BCUT2D eigenvalue weighted by Crippen LogP contribution is -2.32. The number of nitrogens with two attached hydrogens (primary N) is 1. The summed E-state index contributed by atoms with van der Waals surface area (Å²) in [6.07, 6.45) is 5.67. The van der Waals surface area contributed by atoms with Crippen molar-refractivity contribution >= 4 is 11.5 Å². The van der Waals surface area contributed by atoms with Crippen molar-refractivity contribution in [1.29, 1.82) is 0 Å². The number of nitrogen functional groups attached to an aromatic ring is 1. The quantitative estimate of drug-likeness (QED) is 0.855. The Morgan fingerprint density at radius 3 is 2.81 bits per heavy atom. The van der Waals surface area contributed by atoms with E-state index in [1.165, 1.54) is 0 Å². The summed E-state index contributed by atoms with van der Waals surface area (Å²) in [6.45, 7) is 3.33. The number of aromatic nitrogens is 2. The van der Waals surface area contributed by atoms with Crippen molar-refractivity contribution < 1.29 is 0 Å². The normalized spacial score (nSPS) is 14.1. The highest BCUT2D eigenvalue weighted by Gasteiger charge is 2.26. The molecule has 0 aliphatic heterocycles. The molecule has 0 amide bonds. The molecule has 1 aliphatic carbocycles. The van der Waals surface area contributed by atoms with Crippen LogP contribution in [0.1, 0.15) is 31.4 Å². The first-order chi connectivity index (χ1) is 10.2. The zero-order valence-electron chi connectivity index (χ0n) is 12.2. The van der Waals surface area contributed by atoms with Gasteiger partial charge in [0.1, 0.15) is 0 Å². The largest absolute Gasteiger partial charge is 0.398 e. The molecule has 5 heteroatoms. The molecular weight excluding hydrogens is 264 g/mol. The molecule has 5 nitrogen and oxygen atoms in total. The number of rotatable bonds is 5. The third-order valence-corrected chi connectivity index (χ3v) is 3.89. The number of nitrogens with zero attached hydrogens (tertiary/aromatic N) is 3. The van der Waals surface area contributed by atoms with Gasteiger partial charge in [0.25, 0.3) is 5.56 Å². The molecule has 1 fully saturated rings. The van der Waals surface area contributed by atoms with Crippen LogP contribution in [0.25, 0.3) is 0 Å². The Morgan fingerprint density at radius 2 is 2.14 bits per heavy atom. The van der Waals surface area contributed by atoms with E-state index in [1.54, 1.807) is 17.0 Å². The molecule has 1 saturated carbocycles. The van der Waals surface area contributed by atoms with Gasteiger partial charge in [-0.3, -0.25) is 4.79 Å². The van der Waals surface area contributed by atoms with Gasteiger partial charge in [0.05, 0.1) is 0 Å². The Bertz CT molecular complexity index is 691. The number of hydrogen-bond acceptors (Lipinski definition) is 4. The highest BCUT2D eigenvalue weighted by Crippen LogP contribution is 2.33. The summed E-state index contributed by atoms with van der Waals surface area (Å²) in [5.74, 6) is 0.509. The van der Waals surface area contributed by atoms with E-state index in [0.29, 0.717) is 24.9 Å². The van der Waals surface area contributed by atoms with Crippen molar-refractivity contribution in [3.05, 3.63) is 52.6 Å². The van der Waals surface area contributed by atoms with E-state index in [-0.39, 0.29) is 5.56 Å². The first-order valence-corrected chi connectivity index (χ1v) is 7.36. The van der Waals surface area contributed by atoms with Gasteiger partial charge in [-0.15, -0.1) is 0 Å². The zero-order valence-corrected chi connectivity index (χ0v) is 12.2. The Hall–Kier alpha value is -2.30. The van der Waals surface area contributed by atoms with Gasteiger partial charge in [0.15, 0.2) is 5.82 Å². The maximum absolute atomic E-state index is 12.6. The van der Waals surface area contributed by atoms with Crippen molar-refractivity contribution in [1.82, 2.24) is 9.55 Å². The molecule has 2 aromatic rings. The van der Waals surface area contributed by atoms with Crippen LogP contribution >= 0.6 is 0 Å². The van der Waals surface area contributed by atoms with Crippen LogP contribution in [0, 0.1) is 0 Å². The summed E-state index contributed by atoms with van der Waals surface area (Å²) >= 11 is 0. The number of anilines is 2. The average molecular weight is 284 g/mol. The molecule has 1 aliphatic rings. The summed E-state index contributed by atoms with van der Waals surface area (Å²) in [7, 11) is 0. The average Bonchev–Trinajstić information content (AvgIpc) is 3.32. The van der Waals surface area contributed by atoms with Gasteiger partial charge in [-0.1, -0.05) is 18.2 Å². The van der Waals surface area contributed by atoms with Crippen LogP contribution in [0.2, 0.25) is 0 Å². The van der Waals surface area contributed by atoms with Crippen LogP contribution < -0.4 is 16.2 Å². The second kappa shape index (κ2) is 5.60. The van der Waals surface area contributed by atoms with Crippen LogP contribution in [0.15, 0.2) is 41.5 Å². The fraction of sp³-hybridized carbons (Fsp3) is 0.375. The summed E-state index contributed by atoms with van der Waals surface area (Å²) in [6, 6.07) is 8.10. The van der Waals surface area contributed by atoms with E-state index in [9.17, 15) is 4.79 Å². The third kappa shape index (κ3) is 2.77. The van der Waals surface area contributed by atoms with Crippen LogP contribution in [0.4, 0.5) is 11.5 Å². The summed E-state index contributed by atoms with van der Waals surface area (Å²) in [4.78, 5) is 18.8. The molecule has 0 radical (unpaired) electrons. The maximum atomic E-state index is 12.6. The van der Waals surface area contributed by atoms with Crippen molar-refractivity contribution in [3.63, 3.8) is 0 Å². The number of hydrogen-bond donors (Lipinski definition) is 1. The van der Waals surface area contributed by atoms with Crippen molar-refractivity contribution in [2.45, 2.75) is 32.4 Å². The summed E-state index contributed by atoms with van der Waals surface area (Å²) < 4.78 is 1.80. The molecule has 21 heavy (non-hydrogen) atoms. The molecule has 3 rings (SSSR count). The van der Waals surface area contributed by atoms with Gasteiger partial charge in [0.2, 0.25) is 0 Å². The van der Waals surface area contributed by atoms with E-state index in [1.807, 2.05) is 36.1 Å². The Morgan fingerprint density at radius 1 is 1.38 bits per heavy atom. The predicted molar refractivity (Wildman–Crippen MR) is 84.3 cm³/mol. The topological polar surface area (TPSA) is 64.2 Å². The lowest BCUT2D eigenvalue weighted by molar-refractivity contribution is 0.683. The van der Waals surface area contributed by atoms with Crippen LogP contribution in [-0.4, -0.2) is 16.1 Å². The van der Waals surface area contributed by atoms with Gasteiger partial charge >= 0.3 is 0 Å². The monoisotopic (exact) mass is 284 g/mol. The second-order valence-electron chi connectivity index (χ2n) is 5.41. The van der Waals surface area contributed by atoms with Crippen molar-refractivity contribution in [3.8, 4) is 0 Å². The van der Waals surface area contributed by atoms with E-state index in [4.69, 9.17) is 5.73 Å². The van der Waals surface area contributed by atoms with Gasteiger partial charge < -0.3 is 15.2 Å². The van der Waals surface area contributed by atoms with E-state index >= 15 is 0 Å². The maximum Gasteiger partial charge on any atom is 0.293 e. The molecule has 0 spiro atoms. The lowest BCUT2D eigenvalue weighted by Gasteiger charge is -2.22. The Balaban J connectivity index is 1.92. The third-order valence-electron chi connectivity index (χ3n) is 3.89. The second-order valence-corrected chi connectivity index (χ2v) is 5.41. The zero-order chi connectivity index (χ0) is 14.8. The molecule has 0 atom stereocenters. The molecule has 110 valence electrons. The SMILES string of the molecule is CCN(Cc1ccccc1N)c1nccn(C2CC2)c1=O. The number of para-hydroxylation sites is 1. The molecule has 2 N–H and O–H groups in total. The van der Waals surface area contributed by atoms with Crippen LogP contribution in [0.3, 0.4) is 0 Å². The predicted octanol–water partition coefficient (Wildman–Crippen LogP) is 2.19. The summed E-state index contributed by atoms with van der Waals surface area (Å²) in [5, 5.41) is 0. The molecule has 1 aromatic heterocycles. The minimum atomic E-state index is -0.00338. The molecule has 1 aromatic carbocycles. The Labute approximate surface area is 124 Å².